The second-order valence-corrected chi connectivity index (χ2v) is 8.87. The molecule has 2 heterocycles. The predicted octanol–water partition coefficient (Wildman–Crippen LogP) is 1.84. The molecule has 0 amide bonds. The quantitative estimate of drug-likeness (QED) is 0.919. The molecule has 0 spiro atoms. The van der Waals surface area contributed by atoms with Crippen LogP contribution in [0.5, 0.6) is 5.75 Å². The van der Waals surface area contributed by atoms with E-state index >= 15 is 0 Å². The Morgan fingerprint density at radius 1 is 1.38 bits per heavy atom. The van der Waals surface area contributed by atoms with Crippen LogP contribution in [0.4, 0.5) is 0 Å². The molecule has 21 heavy (non-hydrogen) atoms. The van der Waals surface area contributed by atoms with E-state index in [1.165, 1.54) is 0 Å². The minimum absolute atomic E-state index is 0.0145. The number of aromatic nitrogens is 1. The molecule has 1 aliphatic heterocycles. The lowest BCUT2D eigenvalue weighted by atomic mass is 10.1. The molecular weight excluding hydrogens is 288 g/mol. The largest absolute Gasteiger partial charge is 0.487 e. The molecule has 1 aromatic rings. The summed E-state index contributed by atoms with van der Waals surface area (Å²) in [7, 11) is -2.93. The van der Waals surface area contributed by atoms with E-state index in [4.69, 9.17) is 4.74 Å². The second kappa shape index (κ2) is 5.93. The van der Waals surface area contributed by atoms with Gasteiger partial charge in [0.2, 0.25) is 0 Å². The maximum absolute atomic E-state index is 11.5. The number of nitrogens with zero attached hydrogens (tertiary/aromatic N) is 1. The van der Waals surface area contributed by atoms with Crippen LogP contribution in [0.2, 0.25) is 0 Å². The van der Waals surface area contributed by atoms with Crippen molar-refractivity contribution >= 4 is 9.84 Å². The van der Waals surface area contributed by atoms with Gasteiger partial charge in [-0.15, -0.1) is 0 Å². The summed E-state index contributed by atoms with van der Waals surface area (Å²) in [5, 5.41) is 3.39. The zero-order valence-corrected chi connectivity index (χ0v) is 14.0. The standard InChI is InChI=1S/C15H24N2O3S/c1-11-5-6-14(13(17-11)9-16-15(2,3)4)20-12-7-8-21(18,19)10-12/h5-6,12,16H,7-10H2,1-4H3. The number of hydrogen-bond acceptors (Lipinski definition) is 5. The maximum atomic E-state index is 11.5. The van der Waals surface area contributed by atoms with Crippen molar-refractivity contribution in [1.82, 2.24) is 10.3 Å². The Labute approximate surface area is 127 Å². The molecule has 1 aliphatic rings. The highest BCUT2D eigenvalue weighted by molar-refractivity contribution is 7.91. The van der Waals surface area contributed by atoms with E-state index in [2.05, 4.69) is 31.1 Å². The molecule has 1 unspecified atom stereocenters. The molecule has 1 saturated heterocycles. The van der Waals surface area contributed by atoms with Gasteiger partial charge in [0.15, 0.2) is 9.84 Å². The fourth-order valence-electron chi connectivity index (χ4n) is 2.21. The topological polar surface area (TPSA) is 68.3 Å². The van der Waals surface area contributed by atoms with Gasteiger partial charge in [-0.2, -0.15) is 0 Å². The fourth-order valence-corrected chi connectivity index (χ4v) is 3.80. The lowest BCUT2D eigenvalue weighted by molar-refractivity contribution is 0.224. The van der Waals surface area contributed by atoms with Gasteiger partial charge in [0, 0.05) is 17.8 Å². The monoisotopic (exact) mass is 312 g/mol. The third-order valence-corrected chi connectivity index (χ3v) is 5.08. The summed E-state index contributed by atoms with van der Waals surface area (Å²) in [5.41, 5.74) is 1.74. The molecule has 1 aromatic heterocycles. The number of ether oxygens (including phenoxy) is 1. The average Bonchev–Trinajstić information content (AvgIpc) is 2.68. The summed E-state index contributed by atoms with van der Waals surface area (Å²) in [4.78, 5) is 4.52. The van der Waals surface area contributed by atoms with Crippen molar-refractivity contribution in [2.45, 2.75) is 52.3 Å². The Morgan fingerprint density at radius 2 is 2.10 bits per heavy atom. The normalized spacial score (nSPS) is 21.4. The van der Waals surface area contributed by atoms with Crippen LogP contribution in [0.1, 0.15) is 38.6 Å². The minimum atomic E-state index is -2.93. The Bertz CT molecular complexity index is 606. The third kappa shape index (κ3) is 4.97. The van der Waals surface area contributed by atoms with Crippen molar-refractivity contribution in [3.05, 3.63) is 23.5 Å². The molecular formula is C15H24N2O3S. The van der Waals surface area contributed by atoms with Crippen molar-refractivity contribution in [3.8, 4) is 5.75 Å². The molecule has 0 bridgehead atoms. The Balaban J connectivity index is 2.11. The first-order valence-corrected chi connectivity index (χ1v) is 9.05. The Morgan fingerprint density at radius 3 is 2.67 bits per heavy atom. The predicted molar refractivity (Wildman–Crippen MR) is 83.3 cm³/mol. The van der Waals surface area contributed by atoms with E-state index in [-0.39, 0.29) is 23.1 Å². The highest BCUT2D eigenvalue weighted by atomic mass is 32.2. The molecule has 5 nitrogen and oxygen atoms in total. The Kier molecular flexibility index (Phi) is 4.58. The third-order valence-electron chi connectivity index (χ3n) is 3.34. The molecule has 2 rings (SSSR count). The molecule has 0 radical (unpaired) electrons. The SMILES string of the molecule is Cc1ccc(OC2CCS(=O)(=O)C2)c(CNC(C)(C)C)n1. The van der Waals surface area contributed by atoms with E-state index in [1.807, 2.05) is 19.1 Å². The minimum Gasteiger partial charge on any atom is -0.487 e. The maximum Gasteiger partial charge on any atom is 0.154 e. The summed E-state index contributed by atoms with van der Waals surface area (Å²) in [6, 6.07) is 3.77. The first-order chi connectivity index (χ1) is 9.65. The van der Waals surface area contributed by atoms with Gasteiger partial charge in [-0.1, -0.05) is 0 Å². The summed E-state index contributed by atoms with van der Waals surface area (Å²) in [6.07, 6.45) is 0.301. The van der Waals surface area contributed by atoms with Crippen molar-refractivity contribution < 1.29 is 13.2 Å². The molecule has 0 aliphatic carbocycles. The van der Waals surface area contributed by atoms with Crippen LogP contribution in [0, 0.1) is 6.92 Å². The van der Waals surface area contributed by atoms with Crippen LogP contribution in [-0.4, -0.2) is 36.6 Å². The number of aryl methyl sites for hydroxylation is 1. The molecule has 1 fully saturated rings. The lowest BCUT2D eigenvalue weighted by Crippen LogP contribution is -2.35. The smallest absolute Gasteiger partial charge is 0.154 e. The van der Waals surface area contributed by atoms with Crippen LogP contribution in [0.25, 0.3) is 0 Å². The number of sulfone groups is 1. The summed E-state index contributed by atoms with van der Waals surface area (Å²) >= 11 is 0. The zero-order valence-electron chi connectivity index (χ0n) is 13.1. The van der Waals surface area contributed by atoms with Gasteiger partial charge < -0.3 is 10.1 Å². The first kappa shape index (κ1) is 16.2. The summed E-state index contributed by atoms with van der Waals surface area (Å²) in [6.45, 7) is 8.80. The van der Waals surface area contributed by atoms with Gasteiger partial charge in [-0.05, 0) is 46.2 Å². The van der Waals surface area contributed by atoms with Crippen molar-refractivity contribution in [3.63, 3.8) is 0 Å². The van der Waals surface area contributed by atoms with E-state index < -0.39 is 9.84 Å². The highest BCUT2D eigenvalue weighted by Crippen LogP contribution is 2.23. The van der Waals surface area contributed by atoms with Gasteiger partial charge in [0.05, 0.1) is 17.2 Å². The van der Waals surface area contributed by atoms with Gasteiger partial charge in [0.25, 0.3) is 0 Å². The highest BCUT2D eigenvalue weighted by Gasteiger charge is 2.30. The average molecular weight is 312 g/mol. The number of rotatable bonds is 4. The van der Waals surface area contributed by atoms with Gasteiger partial charge in [-0.25, -0.2) is 8.42 Å². The number of hydrogen-bond donors (Lipinski definition) is 1. The van der Waals surface area contributed by atoms with E-state index in [1.54, 1.807) is 0 Å². The van der Waals surface area contributed by atoms with E-state index in [9.17, 15) is 8.42 Å². The van der Waals surface area contributed by atoms with Crippen LogP contribution < -0.4 is 10.1 Å². The van der Waals surface area contributed by atoms with E-state index in [0.29, 0.717) is 18.7 Å². The van der Waals surface area contributed by atoms with Crippen LogP contribution in [0.15, 0.2) is 12.1 Å². The molecule has 1 N–H and O–H groups in total. The molecule has 0 aromatic carbocycles. The van der Waals surface area contributed by atoms with Crippen molar-refractivity contribution in [1.29, 1.82) is 0 Å². The molecule has 0 saturated carbocycles. The van der Waals surface area contributed by atoms with Crippen molar-refractivity contribution in [2.75, 3.05) is 11.5 Å². The number of nitrogens with one attached hydrogen (secondary N) is 1. The van der Waals surface area contributed by atoms with Gasteiger partial charge in [0.1, 0.15) is 11.9 Å². The zero-order chi connectivity index (χ0) is 15.7. The van der Waals surface area contributed by atoms with Crippen LogP contribution >= 0.6 is 0 Å². The lowest BCUT2D eigenvalue weighted by Gasteiger charge is -2.22. The second-order valence-electron chi connectivity index (χ2n) is 6.64. The van der Waals surface area contributed by atoms with Crippen LogP contribution in [-0.2, 0) is 16.4 Å². The van der Waals surface area contributed by atoms with Crippen LogP contribution in [0.3, 0.4) is 0 Å². The van der Waals surface area contributed by atoms with Crippen molar-refractivity contribution in [2.24, 2.45) is 0 Å². The number of pyridine rings is 1. The summed E-state index contributed by atoms with van der Waals surface area (Å²) < 4.78 is 28.9. The molecule has 6 heteroatoms. The molecule has 1 atom stereocenters. The Hall–Kier alpha value is -1.14. The van der Waals surface area contributed by atoms with E-state index in [0.717, 1.165) is 11.4 Å². The first-order valence-electron chi connectivity index (χ1n) is 7.23. The molecule has 118 valence electrons. The fraction of sp³-hybridized carbons (Fsp3) is 0.667. The van der Waals surface area contributed by atoms with Gasteiger partial charge in [-0.3, -0.25) is 4.98 Å². The van der Waals surface area contributed by atoms with Gasteiger partial charge >= 0.3 is 0 Å². The summed E-state index contributed by atoms with van der Waals surface area (Å²) in [5.74, 6) is 0.999.